The second kappa shape index (κ2) is 7.78. The topological polar surface area (TPSA) is 75.6 Å². The van der Waals surface area contributed by atoms with E-state index in [4.69, 9.17) is 4.74 Å². The summed E-state index contributed by atoms with van der Waals surface area (Å²) >= 11 is 0. The van der Waals surface area contributed by atoms with Gasteiger partial charge in [-0.05, 0) is 38.0 Å². The molecule has 5 nitrogen and oxygen atoms in total. The Morgan fingerprint density at radius 1 is 1.33 bits per heavy atom. The average molecular weight is 293 g/mol. The van der Waals surface area contributed by atoms with Gasteiger partial charge in [-0.1, -0.05) is 13.8 Å². The van der Waals surface area contributed by atoms with Crippen LogP contribution in [0.1, 0.15) is 43.6 Å². The molecule has 0 aliphatic carbocycles. The first-order valence-electron chi connectivity index (χ1n) is 7.09. The predicted molar refractivity (Wildman–Crippen MR) is 80.7 cm³/mol. The molecule has 1 rings (SSSR count). The molecule has 0 aliphatic rings. The summed E-state index contributed by atoms with van der Waals surface area (Å²) in [4.78, 5) is 22.7. The molecule has 0 amide bonds. The minimum absolute atomic E-state index is 0.0297. The molecule has 0 heterocycles. The van der Waals surface area contributed by atoms with Gasteiger partial charge in [-0.2, -0.15) is 0 Å². The van der Waals surface area contributed by atoms with Crippen LogP contribution in [-0.4, -0.2) is 29.5 Å². The molecule has 0 aromatic heterocycles. The summed E-state index contributed by atoms with van der Waals surface area (Å²) in [6.07, 6.45) is 0. The molecule has 2 N–H and O–H groups in total. The van der Waals surface area contributed by atoms with Gasteiger partial charge >= 0.3 is 5.97 Å². The van der Waals surface area contributed by atoms with Crippen molar-refractivity contribution in [3.8, 4) is 5.75 Å². The van der Waals surface area contributed by atoms with Crippen molar-refractivity contribution >= 4 is 11.8 Å². The first-order chi connectivity index (χ1) is 9.86. The van der Waals surface area contributed by atoms with Crippen molar-refractivity contribution in [3.05, 3.63) is 29.3 Å². The van der Waals surface area contributed by atoms with Crippen molar-refractivity contribution in [2.45, 2.75) is 40.3 Å². The lowest BCUT2D eigenvalue weighted by Gasteiger charge is -2.19. The minimum atomic E-state index is -0.884. The first-order valence-corrected chi connectivity index (χ1v) is 7.09. The molecule has 1 aromatic carbocycles. The van der Waals surface area contributed by atoms with Crippen LogP contribution in [0.15, 0.2) is 18.2 Å². The fourth-order valence-electron chi connectivity index (χ4n) is 2.06. The van der Waals surface area contributed by atoms with Gasteiger partial charge in [-0.15, -0.1) is 0 Å². The van der Waals surface area contributed by atoms with Crippen LogP contribution in [-0.2, 0) is 11.3 Å². The molecule has 0 radical (unpaired) electrons. The Morgan fingerprint density at radius 3 is 2.48 bits per heavy atom. The zero-order valence-electron chi connectivity index (χ0n) is 13.0. The van der Waals surface area contributed by atoms with Gasteiger partial charge in [-0.3, -0.25) is 14.9 Å². The maximum absolute atomic E-state index is 11.5. The van der Waals surface area contributed by atoms with E-state index in [1.54, 1.807) is 18.2 Å². The summed E-state index contributed by atoms with van der Waals surface area (Å²) in [5.74, 6) is -0.277. The van der Waals surface area contributed by atoms with Crippen LogP contribution in [0.4, 0.5) is 0 Å². The molecule has 0 spiro atoms. The van der Waals surface area contributed by atoms with E-state index in [0.717, 1.165) is 5.56 Å². The molecule has 0 bridgehead atoms. The van der Waals surface area contributed by atoms with Gasteiger partial charge in [0.15, 0.2) is 5.78 Å². The van der Waals surface area contributed by atoms with Crippen LogP contribution in [0.25, 0.3) is 0 Å². The van der Waals surface area contributed by atoms with Crippen LogP contribution in [0.2, 0.25) is 0 Å². The largest absolute Gasteiger partial charge is 0.494 e. The van der Waals surface area contributed by atoms with Crippen LogP contribution in [0, 0.1) is 5.92 Å². The van der Waals surface area contributed by atoms with E-state index in [1.165, 1.54) is 6.92 Å². The number of hydrogen-bond acceptors (Lipinski definition) is 4. The van der Waals surface area contributed by atoms with Crippen molar-refractivity contribution in [2.24, 2.45) is 5.92 Å². The molecule has 1 atom stereocenters. The molecule has 116 valence electrons. The van der Waals surface area contributed by atoms with Crippen molar-refractivity contribution in [2.75, 3.05) is 6.61 Å². The highest BCUT2D eigenvalue weighted by molar-refractivity contribution is 5.94. The van der Waals surface area contributed by atoms with Crippen molar-refractivity contribution in [3.63, 3.8) is 0 Å². The summed E-state index contributed by atoms with van der Waals surface area (Å²) in [6, 6.07) is 4.58. The number of carbonyl (C=O) groups is 2. The van der Waals surface area contributed by atoms with Gasteiger partial charge in [-0.25, -0.2) is 0 Å². The number of aliphatic carboxylic acids is 1. The number of carboxylic acid groups (broad SMARTS) is 1. The molecular weight excluding hydrogens is 270 g/mol. The maximum Gasteiger partial charge on any atom is 0.320 e. The Labute approximate surface area is 125 Å². The number of carboxylic acids is 1. The highest BCUT2D eigenvalue weighted by atomic mass is 16.5. The number of ether oxygens (including phenoxy) is 1. The van der Waals surface area contributed by atoms with Crippen molar-refractivity contribution < 1.29 is 19.4 Å². The smallest absolute Gasteiger partial charge is 0.320 e. The van der Waals surface area contributed by atoms with Gasteiger partial charge in [0.1, 0.15) is 11.8 Å². The standard InChI is InChI=1S/C16H23NO4/c1-5-21-14-7-6-12(11(4)18)8-13(14)9-17-15(10(2)3)16(19)20/h6-8,10,15,17H,5,9H2,1-4H3,(H,19,20). The lowest BCUT2D eigenvalue weighted by atomic mass is 10.0. The van der Waals surface area contributed by atoms with E-state index in [2.05, 4.69) is 5.32 Å². The Hall–Kier alpha value is -1.88. The quantitative estimate of drug-likeness (QED) is 0.720. The molecule has 5 heteroatoms. The van der Waals surface area contributed by atoms with Gasteiger partial charge in [0.25, 0.3) is 0 Å². The Kier molecular flexibility index (Phi) is 6.37. The number of nitrogens with one attached hydrogen (secondary N) is 1. The highest BCUT2D eigenvalue weighted by Gasteiger charge is 2.21. The average Bonchev–Trinajstić information content (AvgIpc) is 2.39. The molecule has 0 saturated heterocycles. The van der Waals surface area contributed by atoms with E-state index >= 15 is 0 Å². The van der Waals surface area contributed by atoms with Crippen LogP contribution < -0.4 is 10.1 Å². The fourth-order valence-corrected chi connectivity index (χ4v) is 2.06. The lowest BCUT2D eigenvalue weighted by molar-refractivity contribution is -0.140. The van der Waals surface area contributed by atoms with Crippen LogP contribution in [0.5, 0.6) is 5.75 Å². The van der Waals surface area contributed by atoms with Gasteiger partial charge < -0.3 is 9.84 Å². The first kappa shape index (κ1) is 17.2. The summed E-state index contributed by atoms with van der Waals surface area (Å²) in [7, 11) is 0. The third-order valence-corrected chi connectivity index (χ3v) is 3.21. The number of Topliss-reactive ketones (excluding diaryl/α,β-unsaturated/α-hetero) is 1. The summed E-state index contributed by atoms with van der Waals surface area (Å²) in [6.45, 7) is 7.93. The Morgan fingerprint density at radius 2 is 2.00 bits per heavy atom. The SMILES string of the molecule is CCOc1ccc(C(C)=O)cc1CNC(C(=O)O)C(C)C. The number of rotatable bonds is 8. The molecule has 0 fully saturated rings. The van der Waals surface area contributed by atoms with E-state index in [0.29, 0.717) is 24.5 Å². The third kappa shape index (κ3) is 4.86. The molecule has 1 unspecified atom stereocenters. The lowest BCUT2D eigenvalue weighted by Crippen LogP contribution is -2.40. The summed E-state index contributed by atoms with van der Waals surface area (Å²) < 4.78 is 5.53. The zero-order valence-corrected chi connectivity index (χ0v) is 13.0. The Balaban J connectivity index is 2.95. The molecule has 0 aliphatic heterocycles. The van der Waals surface area contributed by atoms with E-state index in [-0.39, 0.29) is 11.7 Å². The normalized spacial score (nSPS) is 12.2. The minimum Gasteiger partial charge on any atom is -0.494 e. The van der Waals surface area contributed by atoms with Gasteiger partial charge in [0, 0.05) is 17.7 Å². The second-order valence-electron chi connectivity index (χ2n) is 5.25. The number of carbonyl (C=O) groups excluding carboxylic acids is 1. The molecular formula is C16H23NO4. The van der Waals surface area contributed by atoms with Crippen LogP contribution in [0.3, 0.4) is 0 Å². The summed E-state index contributed by atoms with van der Waals surface area (Å²) in [5, 5.41) is 12.2. The number of benzene rings is 1. The van der Waals surface area contributed by atoms with E-state index in [1.807, 2.05) is 20.8 Å². The number of hydrogen-bond donors (Lipinski definition) is 2. The van der Waals surface area contributed by atoms with Crippen LogP contribution >= 0.6 is 0 Å². The van der Waals surface area contributed by atoms with E-state index in [9.17, 15) is 14.7 Å². The maximum atomic E-state index is 11.5. The highest BCUT2D eigenvalue weighted by Crippen LogP contribution is 2.21. The zero-order chi connectivity index (χ0) is 16.0. The second-order valence-corrected chi connectivity index (χ2v) is 5.25. The predicted octanol–water partition coefficient (Wildman–Crippen LogP) is 2.49. The Bertz CT molecular complexity index is 511. The van der Waals surface area contributed by atoms with Crippen molar-refractivity contribution in [1.82, 2.24) is 5.32 Å². The van der Waals surface area contributed by atoms with Gasteiger partial charge in [0.2, 0.25) is 0 Å². The molecule has 0 saturated carbocycles. The molecule has 1 aromatic rings. The van der Waals surface area contributed by atoms with E-state index < -0.39 is 12.0 Å². The summed E-state index contributed by atoms with van der Waals surface area (Å²) in [5.41, 5.74) is 1.38. The third-order valence-electron chi connectivity index (χ3n) is 3.21. The van der Waals surface area contributed by atoms with Gasteiger partial charge in [0.05, 0.1) is 6.61 Å². The van der Waals surface area contributed by atoms with Crippen molar-refractivity contribution in [1.29, 1.82) is 0 Å². The number of ketones is 1. The molecule has 21 heavy (non-hydrogen) atoms. The monoisotopic (exact) mass is 293 g/mol. The fraction of sp³-hybridized carbons (Fsp3) is 0.500.